The molecule has 0 spiro atoms. The van der Waals surface area contributed by atoms with Crippen molar-refractivity contribution in [2.24, 2.45) is 28.9 Å². The van der Waals surface area contributed by atoms with Crippen LogP contribution in [0.15, 0.2) is 103 Å². The molecular weight excluding hydrogens is 1180 g/mol. The highest BCUT2D eigenvalue weighted by molar-refractivity contribution is 7.89. The number of anilines is 1. The summed E-state index contributed by atoms with van der Waals surface area (Å²) in [5.74, 6) is -5.36. The predicted octanol–water partition coefficient (Wildman–Crippen LogP) is 6.66. The second kappa shape index (κ2) is 32.7. The molecule has 91 heavy (non-hydrogen) atoms. The highest BCUT2D eigenvalue weighted by Gasteiger charge is 2.46. The summed E-state index contributed by atoms with van der Waals surface area (Å²) >= 11 is 0. The third kappa shape index (κ3) is 21.7. The number of amides is 10. The number of likely N-dealkylation sites (N-methyl/N-ethyl adjacent to an activating group) is 2. The van der Waals surface area contributed by atoms with Crippen LogP contribution in [0.25, 0.3) is 0 Å². The van der Waals surface area contributed by atoms with Crippen LogP contribution in [0.4, 0.5) is 15.3 Å². The zero-order valence-electron chi connectivity index (χ0n) is 54.7. The molecule has 23 nitrogen and oxygen atoms in total. The number of Topliss-reactive ketones (excluding diaryl/α,β-unsaturated/α-hetero) is 1. The van der Waals surface area contributed by atoms with Crippen LogP contribution in [-0.4, -0.2) is 129 Å². The number of nitrogens with one attached hydrogen (secondary N) is 7. The van der Waals surface area contributed by atoms with Crippen molar-refractivity contribution in [3.05, 3.63) is 125 Å². The van der Waals surface area contributed by atoms with Crippen molar-refractivity contribution in [3.63, 3.8) is 0 Å². The van der Waals surface area contributed by atoms with E-state index < -0.39 is 86.2 Å². The average Bonchev–Trinajstić information content (AvgIpc) is 1.68. The number of primary amides is 1. The molecule has 0 aromatic heterocycles. The lowest BCUT2D eigenvalue weighted by molar-refractivity contribution is -0.141. The topological polar surface area (TPSA) is 331 Å². The minimum Gasteiger partial charge on any atom is -0.445 e. The fourth-order valence-electron chi connectivity index (χ4n) is 11.0. The van der Waals surface area contributed by atoms with Gasteiger partial charge in [0.15, 0.2) is 5.78 Å². The third-order valence-corrected chi connectivity index (χ3v) is 17.8. The maximum Gasteiger partial charge on any atom is 0.408 e. The van der Waals surface area contributed by atoms with E-state index in [4.69, 9.17) is 10.5 Å². The summed E-state index contributed by atoms with van der Waals surface area (Å²) in [6.45, 7) is 18.6. The van der Waals surface area contributed by atoms with E-state index in [1.165, 1.54) is 24.0 Å². The molecule has 0 bridgehead atoms. The van der Waals surface area contributed by atoms with Crippen molar-refractivity contribution >= 4 is 75.0 Å². The molecule has 1 aliphatic heterocycles. The van der Waals surface area contributed by atoms with Gasteiger partial charge >= 0.3 is 12.1 Å². The molecule has 3 aromatic carbocycles. The molecular formula is C67H94N10O13S. The van der Waals surface area contributed by atoms with Crippen LogP contribution in [0.2, 0.25) is 0 Å². The quantitative estimate of drug-likeness (QED) is 0.0176. The van der Waals surface area contributed by atoms with E-state index in [0.29, 0.717) is 55.3 Å². The Hall–Kier alpha value is -8.25. The number of nitrogens with two attached hydrogens (primary N) is 1. The van der Waals surface area contributed by atoms with E-state index in [2.05, 4.69) is 36.6 Å². The Balaban J connectivity index is 1.11. The van der Waals surface area contributed by atoms with Gasteiger partial charge in [-0.2, -0.15) is 0 Å². The predicted molar refractivity (Wildman–Crippen MR) is 346 cm³/mol. The summed E-state index contributed by atoms with van der Waals surface area (Å²) in [5.41, 5.74) is 6.24. The van der Waals surface area contributed by atoms with Crippen LogP contribution in [0.1, 0.15) is 149 Å². The highest BCUT2D eigenvalue weighted by Crippen LogP contribution is 2.45. The van der Waals surface area contributed by atoms with Crippen molar-refractivity contribution in [1.82, 2.24) is 41.1 Å². The van der Waals surface area contributed by atoms with Crippen LogP contribution < -0.4 is 42.4 Å². The number of ketones is 1. The largest absolute Gasteiger partial charge is 0.445 e. The van der Waals surface area contributed by atoms with Crippen molar-refractivity contribution in [1.29, 1.82) is 0 Å². The lowest BCUT2D eigenvalue weighted by Gasteiger charge is -2.40. The van der Waals surface area contributed by atoms with Gasteiger partial charge in [0, 0.05) is 67.7 Å². The molecule has 1 fully saturated rings. The maximum atomic E-state index is 14.4. The molecule has 10 amide bonds. The minimum atomic E-state index is -4.22. The first-order valence-corrected chi connectivity index (χ1v) is 32.7. The molecule has 2 aliphatic rings. The number of imide groups is 1. The Labute approximate surface area is 535 Å². The summed E-state index contributed by atoms with van der Waals surface area (Å²) in [4.78, 5) is 133. The van der Waals surface area contributed by atoms with Gasteiger partial charge in [-0.25, -0.2) is 22.7 Å². The lowest BCUT2D eigenvalue weighted by atomic mass is 9.76. The number of ether oxygens (including phenoxy) is 1. The van der Waals surface area contributed by atoms with Crippen LogP contribution in [0, 0.1) is 23.2 Å². The first-order chi connectivity index (χ1) is 42.7. The zero-order valence-corrected chi connectivity index (χ0v) is 55.5. The van der Waals surface area contributed by atoms with Gasteiger partial charge in [-0.15, -0.1) is 0 Å². The number of carbonyl (C=O) groups is 10. The Morgan fingerprint density at radius 1 is 0.769 bits per heavy atom. The second-order valence-electron chi connectivity index (χ2n) is 26.1. The zero-order chi connectivity index (χ0) is 67.6. The molecule has 9 N–H and O–H groups in total. The molecule has 5 rings (SSSR count). The minimum absolute atomic E-state index is 0.0697. The van der Waals surface area contributed by atoms with E-state index in [1.807, 2.05) is 78.8 Å². The third-order valence-electron chi connectivity index (χ3n) is 16.6. The molecule has 0 saturated heterocycles. The smallest absolute Gasteiger partial charge is 0.408 e. The molecule has 1 aliphatic carbocycles. The molecule has 0 radical (unpaired) electrons. The summed E-state index contributed by atoms with van der Waals surface area (Å²) in [5, 5.41) is 17.3. The summed E-state index contributed by atoms with van der Waals surface area (Å²) in [6, 6.07) is 18.9. The van der Waals surface area contributed by atoms with Gasteiger partial charge in [-0.1, -0.05) is 142 Å². The van der Waals surface area contributed by atoms with Gasteiger partial charge in [-0.05, 0) is 104 Å². The van der Waals surface area contributed by atoms with Crippen LogP contribution >= 0.6 is 0 Å². The lowest BCUT2D eigenvalue weighted by Crippen LogP contribution is -2.61. The van der Waals surface area contributed by atoms with Crippen molar-refractivity contribution in [3.8, 4) is 0 Å². The highest BCUT2D eigenvalue weighted by atomic mass is 32.2. The van der Waals surface area contributed by atoms with Crippen molar-refractivity contribution < 1.29 is 61.1 Å². The van der Waals surface area contributed by atoms with E-state index in [-0.39, 0.29) is 91.7 Å². The number of sulfonamides is 1. The fourth-order valence-corrected chi connectivity index (χ4v) is 12.1. The SMILES string of the molecule is CN[C@H](C(=O)N[C@H](C(=O)N(C)[C@H](/C=C(\C)C(=O)NS(=O)(=O)Cc1ccc(C2(NC(=O)OCc3ccc(NC(=O)[C@@H](CCCNC(N)=O)CC(=O)[C@H](NC(=O)CCCCCN4C(=O)C=CC4=O)C(C)C)cc3)CC2)cc1)C(C)C)C(C)(C)C)C(C)(C)c1ccccc1. The summed E-state index contributed by atoms with van der Waals surface area (Å²) in [6.07, 6.45) is 6.54. The normalized spacial score (nSPS) is 15.6. The number of benzene rings is 3. The molecule has 0 unspecified atom stereocenters. The van der Waals surface area contributed by atoms with Gasteiger partial charge in [0.2, 0.25) is 33.7 Å². The molecule has 496 valence electrons. The van der Waals surface area contributed by atoms with E-state index >= 15 is 0 Å². The van der Waals surface area contributed by atoms with Crippen LogP contribution in [-0.2, 0) is 76.4 Å². The first kappa shape index (κ1) is 73.5. The van der Waals surface area contributed by atoms with Gasteiger partial charge in [0.05, 0.1) is 29.4 Å². The fraction of sp³-hybridized carbons (Fsp3) is 0.522. The first-order valence-electron chi connectivity index (χ1n) is 31.0. The number of alkyl carbamates (subject to hydrolysis) is 1. The van der Waals surface area contributed by atoms with E-state index in [9.17, 15) is 56.4 Å². The Morgan fingerprint density at radius 3 is 1.95 bits per heavy atom. The molecule has 1 saturated carbocycles. The molecule has 24 heteroatoms. The number of hydrogen-bond donors (Lipinski definition) is 8. The number of nitrogens with zero attached hydrogens (tertiary/aromatic N) is 2. The monoisotopic (exact) mass is 1280 g/mol. The van der Waals surface area contributed by atoms with Crippen LogP contribution in [0.3, 0.4) is 0 Å². The number of rotatable bonds is 34. The Kier molecular flexibility index (Phi) is 26.4. The van der Waals surface area contributed by atoms with E-state index in [0.717, 1.165) is 16.0 Å². The Bertz CT molecular complexity index is 3250. The number of unbranched alkanes of at least 4 members (excludes halogenated alkanes) is 2. The summed E-state index contributed by atoms with van der Waals surface area (Å²) in [7, 11) is -0.924. The Morgan fingerprint density at radius 2 is 1.38 bits per heavy atom. The van der Waals surface area contributed by atoms with Crippen molar-refractivity contribution in [2.75, 3.05) is 32.5 Å². The average molecular weight is 1280 g/mol. The maximum absolute atomic E-state index is 14.4. The van der Waals surface area contributed by atoms with Crippen LogP contribution in [0.5, 0.6) is 0 Å². The number of carbonyl (C=O) groups excluding carboxylic acids is 10. The second-order valence-corrected chi connectivity index (χ2v) is 27.8. The molecule has 1 heterocycles. The van der Waals surface area contributed by atoms with E-state index in [1.54, 1.807) is 82.5 Å². The number of urea groups is 1. The van der Waals surface area contributed by atoms with Gasteiger partial charge in [0.25, 0.3) is 17.7 Å². The molecule has 5 atom stereocenters. The standard InChI is InChI=1S/C67H94N10O13S/c1-42(2)51(76(12)62(85)58(65(6,7)8)73-61(84)57(69-11)66(9,10)48-21-15-13-16-22-48)38-44(5)59(82)75-91(88,89)41-46-24-28-49(29-25-46)67(34-35-67)74-64(87)90-40-45-26-30-50(31-27-45)71-60(83)47(20-19-36-70-63(68)86)39-52(78)56(43(3)4)72-53(79)23-17-14-18-37-77-54(80)32-33-55(77)81/h13,15-16,21-22,24-33,38,42-43,47,51,56-58,69H,14,17-20,23,34-37,39-41H2,1-12H3,(H,71,83)(H,72,79)(H,73,84)(H,74,87)(H,75,82)(H3,68,70,86)/b44-38+/t47-,51+,56+,57+,58+/m0/s1. The molecule has 3 aromatic rings. The summed E-state index contributed by atoms with van der Waals surface area (Å²) < 4.78 is 34.7. The van der Waals surface area contributed by atoms with Gasteiger partial charge < -0.3 is 47.3 Å². The van der Waals surface area contributed by atoms with Crippen molar-refractivity contribution in [2.45, 2.75) is 175 Å². The number of hydrogen-bond acceptors (Lipinski definition) is 14. The van der Waals surface area contributed by atoms with Gasteiger partial charge in [0.1, 0.15) is 12.6 Å². The van der Waals surface area contributed by atoms with Gasteiger partial charge in [-0.3, -0.25) is 43.3 Å².